The maximum absolute atomic E-state index is 12.8. The van der Waals surface area contributed by atoms with Gasteiger partial charge in [-0.1, -0.05) is 6.92 Å². The molecule has 5 heterocycles. The fourth-order valence-electron chi connectivity index (χ4n) is 4.82. The fourth-order valence-corrected chi connectivity index (χ4v) is 4.82. The molecule has 0 radical (unpaired) electrons. The van der Waals surface area contributed by atoms with Crippen molar-refractivity contribution in [3.05, 3.63) is 30.0 Å². The summed E-state index contributed by atoms with van der Waals surface area (Å²) in [7, 11) is 1.94. The predicted octanol–water partition coefficient (Wildman–Crippen LogP) is 1.16. The summed E-state index contributed by atoms with van der Waals surface area (Å²) in [5.41, 5.74) is 1.08. The van der Waals surface area contributed by atoms with E-state index < -0.39 is 0 Å². The van der Waals surface area contributed by atoms with Crippen molar-refractivity contribution < 1.29 is 9.53 Å². The van der Waals surface area contributed by atoms with Crippen LogP contribution in [0.4, 0.5) is 4.79 Å². The molecule has 9 heteroatoms. The van der Waals surface area contributed by atoms with Crippen LogP contribution in [0.2, 0.25) is 0 Å². The molecular weight excluding hydrogens is 370 g/mol. The number of hydrogen-bond acceptors (Lipinski definition) is 6. The first-order valence-corrected chi connectivity index (χ1v) is 10.5. The number of hydrogen-bond donors (Lipinski definition) is 1. The Kier molecular flexibility index (Phi) is 4.79. The molecule has 2 saturated heterocycles. The summed E-state index contributed by atoms with van der Waals surface area (Å²) in [6.07, 6.45) is 6.03. The molecule has 29 heavy (non-hydrogen) atoms. The second-order valence-electron chi connectivity index (χ2n) is 8.60. The molecule has 156 valence electrons. The van der Waals surface area contributed by atoms with E-state index in [0.29, 0.717) is 18.6 Å². The van der Waals surface area contributed by atoms with Gasteiger partial charge in [0.15, 0.2) is 5.82 Å². The number of amidine groups is 1. The first-order valence-electron chi connectivity index (χ1n) is 10.5. The summed E-state index contributed by atoms with van der Waals surface area (Å²) in [6.45, 7) is 7.08. The number of nitrogens with zero attached hydrogens (tertiary/aromatic N) is 6. The molecule has 1 N–H and O–H groups in total. The minimum absolute atomic E-state index is 0.0637. The van der Waals surface area contributed by atoms with Crippen LogP contribution in [0.25, 0.3) is 0 Å². The Balaban J connectivity index is 1.29. The van der Waals surface area contributed by atoms with Gasteiger partial charge in [-0.05, 0) is 24.8 Å². The van der Waals surface area contributed by atoms with Gasteiger partial charge in [0.2, 0.25) is 0 Å². The SMILES string of the molecule is CC1CN(Cc2ccn(C)n2)CC1C1=NC2=CN(C3CCOCC3)CN2C(=O)N1. The number of amides is 2. The average molecular weight is 399 g/mol. The highest BCUT2D eigenvalue weighted by Crippen LogP contribution is 2.30. The number of carbonyl (C=O) groups excluding carboxylic acids is 1. The smallest absolute Gasteiger partial charge is 0.329 e. The zero-order valence-corrected chi connectivity index (χ0v) is 17.1. The molecule has 0 aromatic carbocycles. The monoisotopic (exact) mass is 399 g/mol. The highest BCUT2D eigenvalue weighted by Gasteiger charge is 2.40. The molecule has 0 aliphatic carbocycles. The highest BCUT2D eigenvalue weighted by atomic mass is 16.5. The Morgan fingerprint density at radius 3 is 2.86 bits per heavy atom. The predicted molar refractivity (Wildman–Crippen MR) is 108 cm³/mol. The number of rotatable bonds is 4. The van der Waals surface area contributed by atoms with Gasteiger partial charge in [0.25, 0.3) is 0 Å². The number of aliphatic imine (C=N–C) groups is 1. The first-order chi connectivity index (χ1) is 14.1. The maximum Gasteiger partial charge on any atom is 0.329 e. The molecule has 1 aromatic rings. The number of nitrogens with one attached hydrogen (secondary N) is 1. The van der Waals surface area contributed by atoms with Crippen molar-refractivity contribution >= 4 is 11.9 Å². The number of likely N-dealkylation sites (tertiary alicyclic amines) is 1. The first kappa shape index (κ1) is 18.6. The van der Waals surface area contributed by atoms with Crippen molar-refractivity contribution in [2.75, 3.05) is 33.0 Å². The third-order valence-electron chi connectivity index (χ3n) is 6.43. The third-order valence-corrected chi connectivity index (χ3v) is 6.43. The second-order valence-corrected chi connectivity index (χ2v) is 8.60. The van der Waals surface area contributed by atoms with Gasteiger partial charge in [-0.15, -0.1) is 0 Å². The molecule has 0 bridgehead atoms. The van der Waals surface area contributed by atoms with E-state index in [1.54, 1.807) is 4.90 Å². The van der Waals surface area contributed by atoms with Gasteiger partial charge in [-0.25, -0.2) is 9.79 Å². The number of aromatic nitrogens is 2. The molecule has 2 amide bonds. The van der Waals surface area contributed by atoms with Gasteiger partial charge in [0.05, 0.1) is 5.69 Å². The minimum atomic E-state index is -0.0637. The van der Waals surface area contributed by atoms with E-state index in [0.717, 1.165) is 63.0 Å². The fraction of sp³-hybridized carbons (Fsp3) is 0.650. The lowest BCUT2D eigenvalue weighted by molar-refractivity contribution is 0.0459. The standard InChI is InChI=1S/C20H29N7O2/c1-14-9-25(10-15-3-6-24(2)23-15)11-17(14)19-21-18-12-26(13-27(18)20(28)22-19)16-4-7-29-8-5-16/h3,6,12,14,16-17H,4-5,7-11,13H2,1-2H3,(H,21,22,28). The van der Waals surface area contributed by atoms with Crippen LogP contribution in [0, 0.1) is 11.8 Å². The Morgan fingerprint density at radius 2 is 2.10 bits per heavy atom. The molecule has 2 atom stereocenters. The third kappa shape index (κ3) is 3.64. The van der Waals surface area contributed by atoms with Gasteiger partial charge in [0, 0.05) is 64.3 Å². The van der Waals surface area contributed by atoms with Crippen LogP contribution in [0.1, 0.15) is 25.5 Å². The maximum atomic E-state index is 12.8. The molecule has 1 aromatic heterocycles. The molecule has 9 nitrogen and oxygen atoms in total. The molecule has 2 unspecified atom stereocenters. The molecule has 4 aliphatic rings. The summed E-state index contributed by atoms with van der Waals surface area (Å²) in [6, 6.07) is 2.42. The van der Waals surface area contributed by atoms with Crippen molar-refractivity contribution in [1.29, 1.82) is 0 Å². The van der Waals surface area contributed by atoms with E-state index in [1.165, 1.54) is 0 Å². The van der Waals surface area contributed by atoms with Gasteiger partial charge in [-0.2, -0.15) is 5.10 Å². The Labute approximate surface area is 171 Å². The van der Waals surface area contributed by atoms with Gasteiger partial charge in [-0.3, -0.25) is 19.8 Å². The quantitative estimate of drug-likeness (QED) is 0.822. The Morgan fingerprint density at radius 1 is 1.28 bits per heavy atom. The topological polar surface area (TPSA) is 78.2 Å². The van der Waals surface area contributed by atoms with Crippen LogP contribution < -0.4 is 5.32 Å². The summed E-state index contributed by atoms with van der Waals surface area (Å²) in [5, 5.41) is 7.56. The number of aryl methyl sites for hydroxylation is 1. The summed E-state index contributed by atoms with van der Waals surface area (Å²) >= 11 is 0. The van der Waals surface area contributed by atoms with Crippen LogP contribution in [0.5, 0.6) is 0 Å². The van der Waals surface area contributed by atoms with E-state index in [4.69, 9.17) is 9.73 Å². The van der Waals surface area contributed by atoms with E-state index in [1.807, 2.05) is 17.9 Å². The van der Waals surface area contributed by atoms with E-state index >= 15 is 0 Å². The van der Waals surface area contributed by atoms with Crippen LogP contribution in [-0.2, 0) is 18.3 Å². The lowest BCUT2D eigenvalue weighted by Gasteiger charge is -2.32. The summed E-state index contributed by atoms with van der Waals surface area (Å²) < 4.78 is 7.31. The number of fused-ring (bicyclic) bond motifs is 1. The van der Waals surface area contributed by atoms with Gasteiger partial charge < -0.3 is 9.64 Å². The van der Waals surface area contributed by atoms with Crippen molar-refractivity contribution in [3.63, 3.8) is 0 Å². The zero-order chi connectivity index (χ0) is 20.0. The average Bonchev–Trinajstić information content (AvgIpc) is 3.41. The number of urea groups is 1. The van der Waals surface area contributed by atoms with Crippen molar-refractivity contribution in [1.82, 2.24) is 29.8 Å². The molecular formula is C20H29N7O2. The second kappa shape index (κ2) is 7.46. The lowest BCUT2D eigenvalue weighted by Crippen LogP contribution is -2.50. The van der Waals surface area contributed by atoms with E-state index in [2.05, 4.69) is 39.4 Å². The van der Waals surface area contributed by atoms with Gasteiger partial charge >= 0.3 is 6.03 Å². The van der Waals surface area contributed by atoms with Crippen molar-refractivity contribution in [2.24, 2.45) is 23.9 Å². The lowest BCUT2D eigenvalue weighted by atomic mass is 9.96. The zero-order valence-electron chi connectivity index (χ0n) is 17.1. The summed E-state index contributed by atoms with van der Waals surface area (Å²) in [5.74, 6) is 2.23. The molecule has 0 saturated carbocycles. The molecule has 4 aliphatic heterocycles. The Bertz CT molecular complexity index is 842. The Hall–Kier alpha value is -2.39. The summed E-state index contributed by atoms with van der Waals surface area (Å²) in [4.78, 5) is 24.0. The molecule has 0 spiro atoms. The van der Waals surface area contributed by atoms with Crippen molar-refractivity contribution in [3.8, 4) is 0 Å². The minimum Gasteiger partial charge on any atom is -0.381 e. The van der Waals surface area contributed by atoms with E-state index in [-0.39, 0.29) is 11.9 Å². The van der Waals surface area contributed by atoms with Gasteiger partial charge in [0.1, 0.15) is 12.5 Å². The number of carbonyl (C=O) groups is 1. The largest absolute Gasteiger partial charge is 0.381 e. The van der Waals surface area contributed by atoms with Crippen LogP contribution in [0.15, 0.2) is 29.3 Å². The van der Waals surface area contributed by atoms with Crippen molar-refractivity contribution in [2.45, 2.75) is 32.4 Å². The van der Waals surface area contributed by atoms with E-state index in [9.17, 15) is 4.79 Å². The molecule has 5 rings (SSSR count). The normalized spacial score (nSPS) is 28.4. The number of ether oxygens (including phenoxy) is 1. The van der Waals surface area contributed by atoms with Crippen LogP contribution >= 0.6 is 0 Å². The molecule has 2 fully saturated rings. The van der Waals surface area contributed by atoms with Crippen LogP contribution in [-0.4, -0.2) is 75.4 Å². The highest BCUT2D eigenvalue weighted by molar-refractivity contribution is 6.02. The van der Waals surface area contributed by atoms with Crippen LogP contribution in [0.3, 0.4) is 0 Å².